The van der Waals surface area contributed by atoms with Crippen LogP contribution in [0.25, 0.3) is 0 Å². The molecule has 2 fully saturated rings. The number of hydrogen-bond acceptors (Lipinski definition) is 3. The van der Waals surface area contributed by atoms with Crippen LogP contribution in [0.3, 0.4) is 0 Å². The molecule has 3 nitrogen and oxygen atoms in total. The normalized spacial score (nSPS) is 35.8. The summed E-state index contributed by atoms with van der Waals surface area (Å²) >= 11 is 0. The van der Waals surface area contributed by atoms with E-state index in [4.69, 9.17) is 4.74 Å². The lowest BCUT2D eigenvalue weighted by Crippen LogP contribution is -2.31. The van der Waals surface area contributed by atoms with Crippen LogP contribution in [0.15, 0.2) is 0 Å². The molecule has 0 saturated carbocycles. The lowest BCUT2D eigenvalue weighted by Gasteiger charge is -2.15. The van der Waals surface area contributed by atoms with E-state index in [0.717, 1.165) is 25.1 Å². The van der Waals surface area contributed by atoms with E-state index in [-0.39, 0.29) is 0 Å². The van der Waals surface area contributed by atoms with Crippen LogP contribution in [0.1, 0.15) is 6.42 Å². The molecule has 12 heavy (non-hydrogen) atoms. The second-order valence-electron chi connectivity index (χ2n) is 3.86. The quantitative estimate of drug-likeness (QED) is 0.641. The Hall–Kier alpha value is -0.120. The van der Waals surface area contributed by atoms with E-state index >= 15 is 0 Å². The summed E-state index contributed by atoms with van der Waals surface area (Å²) < 4.78 is 5.06. The third-order valence-electron chi connectivity index (χ3n) is 3.05. The Kier molecular flexibility index (Phi) is 2.63. The first kappa shape index (κ1) is 8.48. The number of hydrogen-bond donors (Lipinski definition) is 1. The molecule has 70 valence electrons. The zero-order valence-corrected chi connectivity index (χ0v) is 7.75. The number of nitrogens with zero attached hydrogens (tertiary/aromatic N) is 1. The van der Waals surface area contributed by atoms with E-state index in [1.54, 1.807) is 7.11 Å². The fourth-order valence-corrected chi connectivity index (χ4v) is 2.34. The van der Waals surface area contributed by atoms with Gasteiger partial charge in [-0.15, -0.1) is 0 Å². The maximum absolute atomic E-state index is 5.06. The van der Waals surface area contributed by atoms with Gasteiger partial charge in [0.2, 0.25) is 0 Å². The number of fused-ring (bicyclic) bond motifs is 1. The maximum Gasteiger partial charge on any atom is 0.0589 e. The highest BCUT2D eigenvalue weighted by Crippen LogP contribution is 2.23. The standard InChI is InChI=1S/C9H18N2O/c1-12-5-4-11-6-8-2-3-10-9(8)7-11/h8-10H,2-7H2,1H3/t8-,9+/m1/s1. The van der Waals surface area contributed by atoms with Crippen LogP contribution >= 0.6 is 0 Å². The first-order valence-corrected chi connectivity index (χ1v) is 4.85. The molecule has 2 rings (SSSR count). The molecule has 2 atom stereocenters. The Morgan fingerprint density at radius 2 is 2.42 bits per heavy atom. The predicted octanol–water partition coefficient (Wildman–Crippen LogP) is -0.0735. The molecule has 0 bridgehead atoms. The summed E-state index contributed by atoms with van der Waals surface area (Å²) in [5.74, 6) is 0.918. The highest BCUT2D eigenvalue weighted by atomic mass is 16.5. The zero-order chi connectivity index (χ0) is 8.39. The van der Waals surface area contributed by atoms with Gasteiger partial charge in [-0.2, -0.15) is 0 Å². The number of rotatable bonds is 3. The Morgan fingerprint density at radius 1 is 1.50 bits per heavy atom. The van der Waals surface area contributed by atoms with E-state index in [2.05, 4.69) is 10.2 Å². The number of nitrogens with one attached hydrogen (secondary N) is 1. The minimum absolute atomic E-state index is 0.779. The van der Waals surface area contributed by atoms with Gasteiger partial charge in [-0.1, -0.05) is 0 Å². The van der Waals surface area contributed by atoms with E-state index < -0.39 is 0 Å². The lowest BCUT2D eigenvalue weighted by molar-refractivity contribution is 0.157. The minimum atomic E-state index is 0.779. The van der Waals surface area contributed by atoms with Crippen LogP contribution in [-0.2, 0) is 4.74 Å². The van der Waals surface area contributed by atoms with Gasteiger partial charge in [0.15, 0.2) is 0 Å². The first-order valence-electron chi connectivity index (χ1n) is 4.85. The minimum Gasteiger partial charge on any atom is -0.383 e. The van der Waals surface area contributed by atoms with E-state index in [0.29, 0.717) is 0 Å². The number of likely N-dealkylation sites (tertiary alicyclic amines) is 1. The molecule has 2 heterocycles. The second-order valence-corrected chi connectivity index (χ2v) is 3.86. The van der Waals surface area contributed by atoms with Gasteiger partial charge in [0.1, 0.15) is 0 Å². The molecule has 0 aromatic heterocycles. The molecule has 0 spiro atoms. The Balaban J connectivity index is 1.75. The molecular formula is C9H18N2O. The smallest absolute Gasteiger partial charge is 0.0589 e. The topological polar surface area (TPSA) is 24.5 Å². The van der Waals surface area contributed by atoms with Crippen molar-refractivity contribution in [2.45, 2.75) is 12.5 Å². The number of ether oxygens (including phenoxy) is 1. The van der Waals surface area contributed by atoms with Crippen molar-refractivity contribution in [1.29, 1.82) is 0 Å². The maximum atomic E-state index is 5.06. The van der Waals surface area contributed by atoms with E-state index in [1.165, 1.54) is 26.1 Å². The summed E-state index contributed by atoms with van der Waals surface area (Å²) in [5.41, 5.74) is 0. The Labute approximate surface area is 74.1 Å². The lowest BCUT2D eigenvalue weighted by atomic mass is 10.1. The molecule has 0 amide bonds. The molecule has 3 heteroatoms. The molecular weight excluding hydrogens is 152 g/mol. The van der Waals surface area contributed by atoms with Crippen molar-refractivity contribution < 1.29 is 4.74 Å². The van der Waals surface area contributed by atoms with Crippen LogP contribution in [0.5, 0.6) is 0 Å². The number of methoxy groups -OCH3 is 1. The average molecular weight is 170 g/mol. The third kappa shape index (κ3) is 1.63. The highest BCUT2D eigenvalue weighted by molar-refractivity contribution is 4.93. The fourth-order valence-electron chi connectivity index (χ4n) is 2.34. The van der Waals surface area contributed by atoms with Gasteiger partial charge in [-0.05, 0) is 18.9 Å². The fraction of sp³-hybridized carbons (Fsp3) is 1.00. The van der Waals surface area contributed by atoms with Crippen molar-refractivity contribution in [2.75, 3.05) is 39.9 Å². The molecule has 0 aromatic carbocycles. The molecule has 0 aromatic rings. The average Bonchev–Trinajstić information content (AvgIpc) is 2.58. The van der Waals surface area contributed by atoms with Crippen LogP contribution in [0, 0.1) is 5.92 Å². The molecule has 0 unspecified atom stereocenters. The summed E-state index contributed by atoms with van der Waals surface area (Å²) in [4.78, 5) is 2.50. The van der Waals surface area contributed by atoms with Gasteiger partial charge in [0.25, 0.3) is 0 Å². The predicted molar refractivity (Wildman–Crippen MR) is 48.2 cm³/mol. The summed E-state index contributed by atoms with van der Waals surface area (Å²) in [6, 6.07) is 0.779. The van der Waals surface area contributed by atoms with Crippen LogP contribution in [-0.4, -0.2) is 50.8 Å². The van der Waals surface area contributed by atoms with Crippen molar-refractivity contribution in [3.8, 4) is 0 Å². The van der Waals surface area contributed by atoms with Crippen molar-refractivity contribution >= 4 is 0 Å². The summed E-state index contributed by atoms with van der Waals surface area (Å²) in [6.45, 7) is 5.72. The van der Waals surface area contributed by atoms with Gasteiger partial charge < -0.3 is 10.1 Å². The summed E-state index contributed by atoms with van der Waals surface area (Å²) in [7, 11) is 1.77. The van der Waals surface area contributed by atoms with Crippen LogP contribution < -0.4 is 5.32 Å². The molecule has 2 aliphatic heterocycles. The van der Waals surface area contributed by atoms with Crippen LogP contribution in [0.4, 0.5) is 0 Å². The highest BCUT2D eigenvalue weighted by Gasteiger charge is 2.35. The Bertz CT molecular complexity index is 139. The van der Waals surface area contributed by atoms with Crippen molar-refractivity contribution in [3.63, 3.8) is 0 Å². The zero-order valence-electron chi connectivity index (χ0n) is 7.75. The summed E-state index contributed by atoms with van der Waals surface area (Å²) in [5, 5.41) is 3.54. The van der Waals surface area contributed by atoms with Gasteiger partial charge in [-0.3, -0.25) is 4.90 Å². The molecule has 2 saturated heterocycles. The SMILES string of the molecule is COCCN1C[C@H]2CCN[C@H]2C1. The van der Waals surface area contributed by atoms with Gasteiger partial charge in [-0.25, -0.2) is 0 Å². The van der Waals surface area contributed by atoms with Crippen LogP contribution in [0.2, 0.25) is 0 Å². The molecule has 0 radical (unpaired) electrons. The van der Waals surface area contributed by atoms with E-state index in [9.17, 15) is 0 Å². The van der Waals surface area contributed by atoms with Crippen molar-refractivity contribution in [2.24, 2.45) is 5.92 Å². The largest absolute Gasteiger partial charge is 0.383 e. The van der Waals surface area contributed by atoms with Gasteiger partial charge >= 0.3 is 0 Å². The van der Waals surface area contributed by atoms with E-state index in [1.807, 2.05) is 0 Å². The monoisotopic (exact) mass is 170 g/mol. The van der Waals surface area contributed by atoms with Crippen molar-refractivity contribution in [1.82, 2.24) is 10.2 Å². The second kappa shape index (κ2) is 3.73. The first-order chi connectivity index (χ1) is 5.90. The molecule has 2 aliphatic rings. The summed E-state index contributed by atoms with van der Waals surface area (Å²) in [6.07, 6.45) is 1.37. The third-order valence-corrected chi connectivity index (χ3v) is 3.05. The molecule has 1 N–H and O–H groups in total. The van der Waals surface area contributed by atoms with Gasteiger partial charge in [0, 0.05) is 32.8 Å². The Morgan fingerprint density at radius 3 is 3.17 bits per heavy atom. The van der Waals surface area contributed by atoms with Gasteiger partial charge in [0.05, 0.1) is 6.61 Å². The van der Waals surface area contributed by atoms with Crippen molar-refractivity contribution in [3.05, 3.63) is 0 Å². The molecule has 0 aliphatic carbocycles.